The summed E-state index contributed by atoms with van der Waals surface area (Å²) in [6.07, 6.45) is -0.551. The number of aromatic nitrogens is 4. The fourth-order valence-corrected chi connectivity index (χ4v) is 3.60. The molecule has 0 saturated carbocycles. The number of nitrogens with zero attached hydrogens (tertiary/aromatic N) is 5. The molecule has 1 aromatic heterocycles. The Morgan fingerprint density at radius 1 is 1.13 bits per heavy atom. The fourth-order valence-electron chi connectivity index (χ4n) is 3.47. The van der Waals surface area contributed by atoms with Gasteiger partial charge in [0.15, 0.2) is 5.82 Å². The molecule has 2 aromatic carbocycles. The fraction of sp³-hybridized carbons (Fsp3) is 0.333. The number of anilines is 1. The zero-order valence-corrected chi connectivity index (χ0v) is 17.6. The first kappa shape index (κ1) is 21.2. The molecular weight excluding hydrogens is 420 g/mol. The molecule has 2 heterocycles. The third kappa shape index (κ3) is 5.57. The van der Waals surface area contributed by atoms with E-state index in [4.69, 9.17) is 21.1 Å². The molecule has 1 aliphatic heterocycles. The van der Waals surface area contributed by atoms with Gasteiger partial charge in [-0.05, 0) is 40.3 Å². The second-order valence-corrected chi connectivity index (χ2v) is 7.43. The maximum absolute atomic E-state index is 12.1. The summed E-state index contributed by atoms with van der Waals surface area (Å²) >= 11 is 5.85. The molecule has 0 bridgehead atoms. The van der Waals surface area contributed by atoms with Gasteiger partial charge in [-0.3, -0.25) is 10.2 Å². The predicted octanol–water partition coefficient (Wildman–Crippen LogP) is 3.00. The van der Waals surface area contributed by atoms with E-state index in [1.165, 1.54) is 0 Å². The number of morpholine rings is 1. The Hall–Kier alpha value is -3.01. The van der Waals surface area contributed by atoms with Gasteiger partial charge in [-0.25, -0.2) is 9.48 Å². The van der Waals surface area contributed by atoms with Crippen LogP contribution in [0, 0.1) is 0 Å². The number of amides is 1. The zero-order chi connectivity index (χ0) is 21.5. The highest BCUT2D eigenvalue weighted by Crippen LogP contribution is 2.27. The molecule has 1 saturated heterocycles. The van der Waals surface area contributed by atoms with Gasteiger partial charge in [0, 0.05) is 23.8 Å². The average molecular weight is 443 g/mol. The SMILES string of the molecule is O=C(Nc1ccc(Cl)cc1)OCCn1nnnc1[C@@H](c1ccccc1)N1CCOCC1. The number of hydrogen-bond acceptors (Lipinski definition) is 7. The van der Waals surface area contributed by atoms with Gasteiger partial charge in [0.2, 0.25) is 0 Å². The van der Waals surface area contributed by atoms with Crippen LogP contribution >= 0.6 is 11.6 Å². The Kier molecular flexibility index (Phi) is 7.08. The van der Waals surface area contributed by atoms with Crippen molar-refractivity contribution in [3.63, 3.8) is 0 Å². The Bertz CT molecular complexity index is 976. The first-order valence-electron chi connectivity index (χ1n) is 10.0. The molecule has 0 unspecified atom stereocenters. The minimum Gasteiger partial charge on any atom is -0.447 e. The van der Waals surface area contributed by atoms with Crippen LogP contribution in [0.1, 0.15) is 17.4 Å². The van der Waals surface area contributed by atoms with Crippen molar-refractivity contribution in [3.05, 3.63) is 71.0 Å². The number of hydrogen-bond donors (Lipinski definition) is 1. The van der Waals surface area contributed by atoms with Crippen molar-refractivity contribution in [2.75, 3.05) is 38.2 Å². The van der Waals surface area contributed by atoms with Gasteiger partial charge in [-0.1, -0.05) is 41.9 Å². The van der Waals surface area contributed by atoms with Crippen molar-refractivity contribution in [2.24, 2.45) is 0 Å². The van der Waals surface area contributed by atoms with E-state index in [1.807, 2.05) is 18.2 Å². The first-order valence-corrected chi connectivity index (χ1v) is 10.4. The van der Waals surface area contributed by atoms with Crippen molar-refractivity contribution in [1.29, 1.82) is 0 Å². The lowest BCUT2D eigenvalue weighted by molar-refractivity contribution is 0.0214. The lowest BCUT2D eigenvalue weighted by Crippen LogP contribution is -2.40. The normalized spacial score (nSPS) is 15.4. The summed E-state index contributed by atoms with van der Waals surface area (Å²) in [5, 5.41) is 15.5. The maximum atomic E-state index is 12.1. The van der Waals surface area contributed by atoms with E-state index in [-0.39, 0.29) is 12.6 Å². The number of ether oxygens (including phenoxy) is 2. The summed E-state index contributed by atoms with van der Waals surface area (Å²) in [5.41, 5.74) is 1.70. The third-order valence-corrected chi connectivity index (χ3v) is 5.21. The third-order valence-electron chi connectivity index (χ3n) is 4.96. The number of rotatable bonds is 7. The molecule has 1 N–H and O–H groups in total. The van der Waals surface area contributed by atoms with E-state index >= 15 is 0 Å². The molecule has 10 heteroatoms. The molecular formula is C21H23ClN6O3. The van der Waals surface area contributed by atoms with Crippen LogP contribution in [0.5, 0.6) is 0 Å². The van der Waals surface area contributed by atoms with Crippen LogP contribution in [0.2, 0.25) is 5.02 Å². The van der Waals surface area contributed by atoms with Crippen LogP contribution in [0.3, 0.4) is 0 Å². The molecule has 3 aromatic rings. The maximum Gasteiger partial charge on any atom is 0.411 e. The Morgan fingerprint density at radius 3 is 2.61 bits per heavy atom. The summed E-state index contributed by atoms with van der Waals surface area (Å²) in [7, 11) is 0. The molecule has 4 rings (SSSR count). The highest BCUT2D eigenvalue weighted by molar-refractivity contribution is 6.30. The Morgan fingerprint density at radius 2 is 1.87 bits per heavy atom. The van der Waals surface area contributed by atoms with Crippen molar-refractivity contribution in [1.82, 2.24) is 25.1 Å². The summed E-state index contributed by atoms with van der Waals surface area (Å²) < 4.78 is 12.5. The highest BCUT2D eigenvalue weighted by Gasteiger charge is 2.29. The lowest BCUT2D eigenvalue weighted by Gasteiger charge is -2.33. The topological polar surface area (TPSA) is 94.4 Å². The molecule has 1 atom stereocenters. The smallest absolute Gasteiger partial charge is 0.411 e. The molecule has 31 heavy (non-hydrogen) atoms. The van der Waals surface area contributed by atoms with Crippen molar-refractivity contribution in [2.45, 2.75) is 12.6 Å². The number of benzene rings is 2. The average Bonchev–Trinajstić information content (AvgIpc) is 3.25. The van der Waals surface area contributed by atoms with E-state index in [0.717, 1.165) is 18.7 Å². The monoisotopic (exact) mass is 442 g/mol. The first-order chi connectivity index (χ1) is 15.2. The number of carbonyl (C=O) groups excluding carboxylic acids is 1. The highest BCUT2D eigenvalue weighted by atomic mass is 35.5. The van der Waals surface area contributed by atoms with Gasteiger partial charge >= 0.3 is 6.09 Å². The van der Waals surface area contributed by atoms with Crippen LogP contribution in [-0.2, 0) is 16.0 Å². The molecule has 162 valence electrons. The van der Waals surface area contributed by atoms with E-state index in [1.54, 1.807) is 28.9 Å². The number of carbonyl (C=O) groups is 1. The summed E-state index contributed by atoms with van der Waals surface area (Å²) in [4.78, 5) is 14.4. The van der Waals surface area contributed by atoms with E-state index in [9.17, 15) is 4.79 Å². The molecule has 1 aliphatic rings. The predicted molar refractivity (Wildman–Crippen MR) is 115 cm³/mol. The Balaban J connectivity index is 1.41. The standard InChI is InChI=1S/C21H23ClN6O3/c22-17-6-8-18(9-7-17)23-21(29)31-15-12-28-20(24-25-26-28)19(16-4-2-1-3-5-16)27-10-13-30-14-11-27/h1-9,19H,10-15H2,(H,23,29)/t19-/m1/s1. The van der Waals surface area contributed by atoms with Crippen LogP contribution < -0.4 is 5.32 Å². The van der Waals surface area contributed by atoms with Gasteiger partial charge in [-0.2, -0.15) is 0 Å². The zero-order valence-electron chi connectivity index (χ0n) is 16.9. The van der Waals surface area contributed by atoms with Gasteiger partial charge in [-0.15, -0.1) is 5.10 Å². The number of tetrazole rings is 1. The number of nitrogens with one attached hydrogen (secondary N) is 1. The van der Waals surface area contributed by atoms with Gasteiger partial charge in [0.25, 0.3) is 0 Å². The van der Waals surface area contributed by atoms with Gasteiger partial charge in [0.1, 0.15) is 6.61 Å². The van der Waals surface area contributed by atoms with Crippen LogP contribution in [0.15, 0.2) is 54.6 Å². The quantitative estimate of drug-likeness (QED) is 0.601. The van der Waals surface area contributed by atoms with E-state index in [2.05, 4.69) is 37.9 Å². The van der Waals surface area contributed by atoms with Crippen molar-refractivity contribution < 1.29 is 14.3 Å². The summed E-state index contributed by atoms with van der Waals surface area (Å²) in [5.74, 6) is 0.704. The summed E-state index contributed by atoms with van der Waals surface area (Å²) in [6, 6.07) is 16.8. The van der Waals surface area contributed by atoms with Crippen molar-refractivity contribution in [3.8, 4) is 0 Å². The largest absolute Gasteiger partial charge is 0.447 e. The summed E-state index contributed by atoms with van der Waals surface area (Å²) in [6.45, 7) is 3.36. The molecule has 1 fully saturated rings. The molecule has 9 nitrogen and oxygen atoms in total. The van der Waals surface area contributed by atoms with Crippen LogP contribution in [0.25, 0.3) is 0 Å². The molecule has 1 amide bonds. The molecule has 0 spiro atoms. The Labute approximate surface area is 184 Å². The number of halogens is 1. The van der Waals surface area contributed by atoms with Gasteiger partial charge in [0.05, 0.1) is 25.8 Å². The minimum atomic E-state index is -0.551. The minimum absolute atomic E-state index is 0.108. The van der Waals surface area contributed by atoms with Crippen LogP contribution in [-0.4, -0.2) is 64.1 Å². The molecule has 0 aliphatic carbocycles. The molecule has 0 radical (unpaired) electrons. The lowest BCUT2D eigenvalue weighted by atomic mass is 10.0. The second kappa shape index (κ2) is 10.3. The van der Waals surface area contributed by atoms with E-state index < -0.39 is 6.09 Å². The van der Waals surface area contributed by atoms with Gasteiger partial charge < -0.3 is 9.47 Å². The van der Waals surface area contributed by atoms with Crippen LogP contribution in [0.4, 0.5) is 10.5 Å². The van der Waals surface area contributed by atoms with Crippen molar-refractivity contribution >= 4 is 23.4 Å². The van der Waals surface area contributed by atoms with E-state index in [0.29, 0.717) is 36.3 Å². The second-order valence-electron chi connectivity index (χ2n) is 6.99.